The number of halogens is 2. The lowest BCUT2D eigenvalue weighted by Crippen LogP contribution is -2.48. The van der Waals surface area contributed by atoms with Gasteiger partial charge in [-0.05, 0) is 52.9 Å². The van der Waals surface area contributed by atoms with Crippen LogP contribution in [0.15, 0.2) is 26.0 Å². The second kappa shape index (κ2) is 6.04. The van der Waals surface area contributed by atoms with Gasteiger partial charge in [0.15, 0.2) is 0 Å². The van der Waals surface area contributed by atoms with E-state index in [1.54, 1.807) is 6.07 Å². The molecule has 0 aliphatic carbocycles. The van der Waals surface area contributed by atoms with Crippen LogP contribution in [0.2, 0.25) is 0 Å². The largest absolute Gasteiger partial charge is 0.327 e. The summed E-state index contributed by atoms with van der Waals surface area (Å²) in [7, 11) is -3.49. The van der Waals surface area contributed by atoms with Gasteiger partial charge >= 0.3 is 0 Å². The summed E-state index contributed by atoms with van der Waals surface area (Å²) in [5, 5.41) is 0. The monoisotopic (exact) mass is 424 g/mol. The van der Waals surface area contributed by atoms with Crippen molar-refractivity contribution in [3.8, 4) is 0 Å². The molecule has 0 radical (unpaired) electrons. The SMILES string of the molecule is Cc1cc(Br)c(S(=O)(=O)N2CCC(N)C(C)C2)cc1Br. The Morgan fingerprint density at radius 1 is 1.30 bits per heavy atom. The normalized spacial score (nSPS) is 24.9. The molecule has 2 rings (SSSR count). The topological polar surface area (TPSA) is 63.4 Å². The maximum atomic E-state index is 12.8. The fraction of sp³-hybridized carbons (Fsp3) is 0.538. The van der Waals surface area contributed by atoms with Gasteiger partial charge in [0.25, 0.3) is 0 Å². The summed E-state index contributed by atoms with van der Waals surface area (Å²) < 4.78 is 28.4. The Balaban J connectivity index is 2.38. The van der Waals surface area contributed by atoms with Gasteiger partial charge in [0.1, 0.15) is 0 Å². The summed E-state index contributed by atoms with van der Waals surface area (Å²) in [5.41, 5.74) is 6.95. The first kappa shape index (κ1) is 16.4. The third kappa shape index (κ3) is 3.11. The fourth-order valence-corrected chi connectivity index (χ4v) is 5.50. The quantitative estimate of drug-likeness (QED) is 0.792. The minimum Gasteiger partial charge on any atom is -0.327 e. The molecule has 1 aliphatic rings. The molecule has 7 heteroatoms. The van der Waals surface area contributed by atoms with Crippen LogP contribution in [0.1, 0.15) is 18.9 Å². The molecule has 0 amide bonds. The Hall–Kier alpha value is 0.0500. The molecule has 112 valence electrons. The number of sulfonamides is 1. The van der Waals surface area contributed by atoms with E-state index in [-0.39, 0.29) is 12.0 Å². The zero-order valence-electron chi connectivity index (χ0n) is 11.4. The van der Waals surface area contributed by atoms with Crippen molar-refractivity contribution in [1.29, 1.82) is 0 Å². The van der Waals surface area contributed by atoms with Crippen molar-refractivity contribution in [3.05, 3.63) is 26.6 Å². The smallest absolute Gasteiger partial charge is 0.244 e. The Bertz CT molecular complexity index is 619. The molecule has 1 aliphatic heterocycles. The number of hydrogen-bond acceptors (Lipinski definition) is 3. The molecule has 2 atom stereocenters. The van der Waals surface area contributed by atoms with Crippen LogP contribution in [-0.4, -0.2) is 31.9 Å². The third-order valence-electron chi connectivity index (χ3n) is 3.77. The van der Waals surface area contributed by atoms with Gasteiger partial charge < -0.3 is 5.73 Å². The number of hydrogen-bond donors (Lipinski definition) is 1. The lowest BCUT2D eigenvalue weighted by Gasteiger charge is -2.34. The number of aryl methyl sites for hydroxylation is 1. The van der Waals surface area contributed by atoms with Gasteiger partial charge in [-0.15, -0.1) is 0 Å². The molecular formula is C13H18Br2N2O2S. The van der Waals surface area contributed by atoms with E-state index in [1.165, 1.54) is 4.31 Å². The van der Waals surface area contributed by atoms with Gasteiger partial charge in [-0.25, -0.2) is 8.42 Å². The Kier molecular flexibility index (Phi) is 4.96. The van der Waals surface area contributed by atoms with Crippen molar-refractivity contribution < 1.29 is 8.42 Å². The molecule has 20 heavy (non-hydrogen) atoms. The molecule has 0 spiro atoms. The highest BCUT2D eigenvalue weighted by molar-refractivity contribution is 9.11. The van der Waals surface area contributed by atoms with Gasteiger partial charge in [0.2, 0.25) is 10.0 Å². The van der Waals surface area contributed by atoms with Gasteiger partial charge in [-0.3, -0.25) is 0 Å². The maximum Gasteiger partial charge on any atom is 0.244 e. The molecule has 1 heterocycles. The van der Waals surface area contributed by atoms with Crippen LogP contribution in [0.5, 0.6) is 0 Å². The second-order valence-electron chi connectivity index (χ2n) is 5.32. The summed E-state index contributed by atoms with van der Waals surface area (Å²) in [6.07, 6.45) is 0.699. The lowest BCUT2D eigenvalue weighted by molar-refractivity contribution is 0.250. The number of rotatable bonds is 2. The first-order chi connectivity index (χ1) is 9.23. The van der Waals surface area contributed by atoms with E-state index in [1.807, 2.05) is 19.9 Å². The molecule has 1 fully saturated rings. The van der Waals surface area contributed by atoms with E-state index in [4.69, 9.17) is 5.73 Å². The van der Waals surface area contributed by atoms with Crippen LogP contribution in [0.4, 0.5) is 0 Å². The van der Waals surface area contributed by atoms with Crippen LogP contribution < -0.4 is 5.73 Å². The summed E-state index contributed by atoms with van der Waals surface area (Å²) in [6.45, 7) is 4.87. The van der Waals surface area contributed by atoms with E-state index in [0.29, 0.717) is 28.9 Å². The molecule has 0 aromatic heterocycles. The van der Waals surface area contributed by atoms with Crippen molar-refractivity contribution in [2.24, 2.45) is 11.7 Å². The van der Waals surface area contributed by atoms with Crippen molar-refractivity contribution >= 4 is 41.9 Å². The van der Waals surface area contributed by atoms with Crippen LogP contribution >= 0.6 is 31.9 Å². The highest BCUT2D eigenvalue weighted by Gasteiger charge is 2.33. The summed E-state index contributed by atoms with van der Waals surface area (Å²) in [6, 6.07) is 3.55. The minimum atomic E-state index is -3.49. The third-order valence-corrected chi connectivity index (χ3v) is 7.44. The zero-order chi connectivity index (χ0) is 15.1. The molecule has 1 aromatic carbocycles. The number of nitrogens with zero attached hydrogens (tertiary/aromatic N) is 1. The molecule has 0 bridgehead atoms. The van der Waals surface area contributed by atoms with E-state index in [2.05, 4.69) is 31.9 Å². The van der Waals surface area contributed by atoms with Gasteiger partial charge in [-0.2, -0.15) is 4.31 Å². The number of nitrogens with two attached hydrogens (primary N) is 1. The van der Waals surface area contributed by atoms with Crippen molar-refractivity contribution in [3.63, 3.8) is 0 Å². The highest BCUT2D eigenvalue weighted by Crippen LogP contribution is 2.32. The van der Waals surface area contributed by atoms with E-state index in [0.717, 1.165) is 10.0 Å². The number of benzene rings is 1. The van der Waals surface area contributed by atoms with E-state index < -0.39 is 10.0 Å². The Labute approximate surface area is 137 Å². The standard InChI is InChI=1S/C13H18Br2N2O2S/c1-8-5-11(15)13(6-10(8)14)20(18,19)17-4-3-12(16)9(2)7-17/h5-6,9,12H,3-4,7,16H2,1-2H3. The highest BCUT2D eigenvalue weighted by atomic mass is 79.9. The Morgan fingerprint density at radius 3 is 2.55 bits per heavy atom. The average molecular weight is 426 g/mol. The molecular weight excluding hydrogens is 408 g/mol. The Morgan fingerprint density at radius 2 is 1.95 bits per heavy atom. The van der Waals surface area contributed by atoms with Crippen LogP contribution in [0.25, 0.3) is 0 Å². The molecule has 0 saturated carbocycles. The van der Waals surface area contributed by atoms with Crippen molar-refractivity contribution in [2.45, 2.75) is 31.2 Å². The zero-order valence-corrected chi connectivity index (χ0v) is 15.4. The lowest BCUT2D eigenvalue weighted by atomic mass is 9.96. The van der Waals surface area contributed by atoms with Crippen molar-refractivity contribution in [2.75, 3.05) is 13.1 Å². The molecule has 1 saturated heterocycles. The van der Waals surface area contributed by atoms with Gasteiger partial charge in [0.05, 0.1) is 4.90 Å². The number of piperidine rings is 1. The predicted octanol–water partition coefficient (Wildman–Crippen LogP) is 2.88. The maximum absolute atomic E-state index is 12.8. The molecule has 2 unspecified atom stereocenters. The van der Waals surface area contributed by atoms with E-state index >= 15 is 0 Å². The molecule has 2 N–H and O–H groups in total. The second-order valence-corrected chi connectivity index (χ2v) is 8.94. The van der Waals surface area contributed by atoms with Gasteiger partial charge in [-0.1, -0.05) is 22.9 Å². The van der Waals surface area contributed by atoms with Crippen LogP contribution in [-0.2, 0) is 10.0 Å². The van der Waals surface area contributed by atoms with Crippen LogP contribution in [0.3, 0.4) is 0 Å². The van der Waals surface area contributed by atoms with E-state index in [9.17, 15) is 8.42 Å². The van der Waals surface area contributed by atoms with Crippen LogP contribution in [0, 0.1) is 12.8 Å². The summed E-state index contributed by atoms with van der Waals surface area (Å²) in [4.78, 5) is 0.303. The summed E-state index contributed by atoms with van der Waals surface area (Å²) in [5.74, 6) is 0.172. The first-order valence-electron chi connectivity index (χ1n) is 6.45. The first-order valence-corrected chi connectivity index (χ1v) is 9.47. The average Bonchev–Trinajstić information content (AvgIpc) is 2.36. The minimum absolute atomic E-state index is 0.0784. The predicted molar refractivity (Wildman–Crippen MR) is 87.1 cm³/mol. The summed E-state index contributed by atoms with van der Waals surface area (Å²) >= 11 is 6.75. The molecule has 1 aromatic rings. The fourth-order valence-electron chi connectivity index (χ4n) is 2.31. The molecule has 4 nitrogen and oxygen atoms in total. The van der Waals surface area contributed by atoms with Gasteiger partial charge in [0, 0.05) is 28.1 Å². The van der Waals surface area contributed by atoms with Crippen molar-refractivity contribution in [1.82, 2.24) is 4.31 Å².